The van der Waals surface area contributed by atoms with Crippen LogP contribution >= 0.6 is 11.6 Å². The number of sulfonamides is 1. The minimum absolute atomic E-state index is 0.0523. The molecule has 0 bridgehead atoms. The first-order chi connectivity index (χ1) is 24.5. The number of likely N-dealkylation sites (tertiary alicyclic amines) is 1. The van der Waals surface area contributed by atoms with Gasteiger partial charge < -0.3 is 14.8 Å². The Bertz CT molecular complexity index is 2030. The summed E-state index contributed by atoms with van der Waals surface area (Å²) in [6, 6.07) is 7.04. The number of amides is 3. The minimum Gasteiger partial charge on any atom is -0.494 e. The third-order valence-corrected chi connectivity index (χ3v) is 12.0. The molecule has 2 saturated carbocycles. The zero-order chi connectivity index (χ0) is 37.7. The van der Waals surface area contributed by atoms with Gasteiger partial charge in [-0.2, -0.15) is 0 Å². The van der Waals surface area contributed by atoms with Gasteiger partial charge in [0.1, 0.15) is 29.3 Å². The van der Waals surface area contributed by atoms with E-state index in [4.69, 9.17) is 21.1 Å². The number of methoxy groups -OCH3 is 1. The van der Waals surface area contributed by atoms with Crippen molar-refractivity contribution in [2.45, 2.75) is 89.3 Å². The van der Waals surface area contributed by atoms with Crippen molar-refractivity contribution in [3.05, 3.63) is 65.5 Å². The molecule has 3 fully saturated rings. The van der Waals surface area contributed by atoms with Gasteiger partial charge in [0.25, 0.3) is 5.91 Å². The van der Waals surface area contributed by atoms with Gasteiger partial charge >= 0.3 is 0 Å². The van der Waals surface area contributed by atoms with Crippen LogP contribution in [0.5, 0.6) is 11.6 Å². The van der Waals surface area contributed by atoms with Crippen LogP contribution in [-0.4, -0.2) is 83.6 Å². The first-order valence-corrected chi connectivity index (χ1v) is 19.2. The molecule has 2 aliphatic carbocycles. The standard InChI is InChI=1S/C37H45ClN6O7S/c1-8-22-17-37(22,35(47)43-52(48,49)25-10-11-25)44-19-24(51-34-27-15-23(38)9-12-26(27)29(50-7)18-39-34)16-28(44)32(45)42-33(46)31(36(4,5)6)41-30-14-20(2)13-21(3)40-30/h8-9,12-15,18,22,24-25,28,31H,1,10-11,16-17,19H2,2-7H3,(H,40,41)(H,43,47)(H,42,45,46)/t22-,24-,28+,31-,37-/m1/s1. The van der Waals surface area contributed by atoms with E-state index in [9.17, 15) is 22.8 Å². The lowest BCUT2D eigenvalue weighted by molar-refractivity contribution is -0.136. The largest absolute Gasteiger partial charge is 0.494 e. The van der Waals surface area contributed by atoms with E-state index >= 15 is 0 Å². The maximum Gasteiger partial charge on any atom is 0.254 e. The molecule has 1 aliphatic heterocycles. The Labute approximate surface area is 308 Å². The number of imide groups is 1. The van der Waals surface area contributed by atoms with E-state index in [1.807, 2.05) is 46.8 Å². The second-order valence-electron chi connectivity index (χ2n) is 15.1. The van der Waals surface area contributed by atoms with Crippen LogP contribution < -0.4 is 24.8 Å². The van der Waals surface area contributed by atoms with Gasteiger partial charge in [-0.1, -0.05) is 38.4 Å². The van der Waals surface area contributed by atoms with Crippen LogP contribution in [0, 0.1) is 25.2 Å². The smallest absolute Gasteiger partial charge is 0.254 e. The van der Waals surface area contributed by atoms with Crippen molar-refractivity contribution in [1.29, 1.82) is 0 Å². The van der Waals surface area contributed by atoms with Crippen LogP contribution in [0.25, 0.3) is 10.8 Å². The molecule has 1 aromatic carbocycles. The number of hydrogen-bond donors (Lipinski definition) is 3. The maximum absolute atomic E-state index is 14.3. The quantitative estimate of drug-likeness (QED) is 0.224. The highest BCUT2D eigenvalue weighted by Gasteiger charge is 2.67. The zero-order valence-electron chi connectivity index (χ0n) is 30.2. The molecule has 3 amide bonds. The van der Waals surface area contributed by atoms with Crippen LogP contribution in [0.3, 0.4) is 0 Å². The van der Waals surface area contributed by atoms with Gasteiger partial charge in [-0.15, -0.1) is 6.58 Å². The molecule has 5 atom stereocenters. The third kappa shape index (κ3) is 7.46. The van der Waals surface area contributed by atoms with Gasteiger partial charge in [-0.25, -0.2) is 18.4 Å². The molecular formula is C37H45ClN6O7S. The highest BCUT2D eigenvalue weighted by molar-refractivity contribution is 7.91. The monoisotopic (exact) mass is 752 g/mol. The van der Waals surface area contributed by atoms with E-state index in [-0.39, 0.29) is 25.3 Å². The minimum atomic E-state index is -3.90. The molecule has 6 rings (SSSR count). The van der Waals surface area contributed by atoms with Crippen molar-refractivity contribution >= 4 is 55.9 Å². The van der Waals surface area contributed by atoms with Gasteiger partial charge in [-0.05, 0) is 74.4 Å². The number of pyridine rings is 2. The number of rotatable bonds is 12. The summed E-state index contributed by atoms with van der Waals surface area (Å²) in [7, 11) is -2.37. The molecule has 0 radical (unpaired) electrons. The number of aromatic nitrogens is 2. The number of benzene rings is 1. The number of hydrogen-bond acceptors (Lipinski definition) is 11. The van der Waals surface area contributed by atoms with Crippen LogP contribution in [0.15, 0.2) is 49.2 Å². The number of nitrogens with one attached hydrogen (secondary N) is 3. The topological polar surface area (TPSA) is 169 Å². The van der Waals surface area contributed by atoms with Crippen molar-refractivity contribution in [3.63, 3.8) is 0 Å². The molecule has 3 aromatic rings. The molecule has 1 saturated heterocycles. The van der Waals surface area contributed by atoms with Crippen molar-refractivity contribution in [1.82, 2.24) is 24.9 Å². The van der Waals surface area contributed by atoms with Crippen molar-refractivity contribution < 1.29 is 32.3 Å². The van der Waals surface area contributed by atoms with Gasteiger partial charge in [0.15, 0.2) is 0 Å². The lowest BCUT2D eigenvalue weighted by Gasteiger charge is -2.34. The average molecular weight is 753 g/mol. The number of aryl methyl sites for hydroxylation is 2. The van der Waals surface area contributed by atoms with E-state index in [0.717, 1.165) is 11.3 Å². The highest BCUT2D eigenvalue weighted by Crippen LogP contribution is 2.53. The number of fused-ring (bicyclic) bond motifs is 1. The fourth-order valence-electron chi connectivity index (χ4n) is 7.12. The van der Waals surface area contributed by atoms with Gasteiger partial charge in [0.05, 0.1) is 24.6 Å². The first-order valence-electron chi connectivity index (χ1n) is 17.3. The fraction of sp³-hybridized carbons (Fsp3) is 0.486. The number of nitrogens with zero attached hydrogens (tertiary/aromatic N) is 3. The Kier molecular flexibility index (Phi) is 10.0. The molecule has 3 aliphatic rings. The number of anilines is 1. The SMILES string of the molecule is C=C[C@@H]1C[C@@]1(C(=O)NS(=O)(=O)C1CC1)N1C[C@H](Oc2ncc(OC)c3ccc(Cl)cc23)C[C@H]1C(=O)NC(=O)[C@@H](Nc1cc(C)cc(C)n1)C(C)(C)C. The van der Waals surface area contributed by atoms with Crippen LogP contribution in [0.2, 0.25) is 5.02 Å². The normalized spacial score (nSPS) is 23.8. The summed E-state index contributed by atoms with van der Waals surface area (Å²) in [4.78, 5) is 52.9. The third-order valence-electron chi connectivity index (χ3n) is 9.98. The highest BCUT2D eigenvalue weighted by atomic mass is 35.5. The second-order valence-corrected chi connectivity index (χ2v) is 17.5. The fourth-order valence-corrected chi connectivity index (χ4v) is 8.65. The van der Waals surface area contributed by atoms with E-state index in [1.54, 1.807) is 29.2 Å². The number of ether oxygens (including phenoxy) is 2. The van der Waals surface area contributed by atoms with E-state index in [2.05, 4.69) is 31.9 Å². The molecule has 3 heterocycles. The molecule has 2 aromatic heterocycles. The van der Waals surface area contributed by atoms with Crippen LogP contribution in [-0.2, 0) is 24.4 Å². The molecule has 15 heteroatoms. The molecule has 3 N–H and O–H groups in total. The van der Waals surface area contributed by atoms with Gasteiger partial charge in [-0.3, -0.25) is 29.3 Å². The number of carbonyl (C=O) groups is 3. The average Bonchev–Trinajstić information content (AvgIpc) is 3.99. The summed E-state index contributed by atoms with van der Waals surface area (Å²) < 4.78 is 40.1. The first kappa shape index (κ1) is 37.5. The molecular weight excluding hydrogens is 708 g/mol. The van der Waals surface area contributed by atoms with Gasteiger partial charge in [0, 0.05) is 40.4 Å². The summed E-state index contributed by atoms with van der Waals surface area (Å²) in [6.45, 7) is 13.4. The predicted molar refractivity (Wildman–Crippen MR) is 198 cm³/mol. The lowest BCUT2D eigenvalue weighted by atomic mass is 9.86. The molecule has 278 valence electrons. The summed E-state index contributed by atoms with van der Waals surface area (Å²) in [6.07, 6.45) is 3.67. The summed E-state index contributed by atoms with van der Waals surface area (Å²) in [5, 5.41) is 6.93. The van der Waals surface area contributed by atoms with E-state index in [1.165, 1.54) is 13.3 Å². The number of halogens is 1. The number of carbonyl (C=O) groups excluding carboxylic acids is 3. The van der Waals surface area contributed by atoms with E-state index < -0.39 is 68.1 Å². The van der Waals surface area contributed by atoms with Crippen molar-refractivity contribution in [3.8, 4) is 11.6 Å². The molecule has 52 heavy (non-hydrogen) atoms. The Morgan fingerprint density at radius 2 is 1.87 bits per heavy atom. The van der Waals surface area contributed by atoms with Crippen molar-refractivity contribution in [2.24, 2.45) is 11.3 Å². The summed E-state index contributed by atoms with van der Waals surface area (Å²) in [5.74, 6) is -1.16. The second kappa shape index (κ2) is 13.9. The Balaban J connectivity index is 1.32. The lowest BCUT2D eigenvalue weighted by Crippen LogP contribution is -2.59. The van der Waals surface area contributed by atoms with Crippen LogP contribution in [0.4, 0.5) is 5.82 Å². The molecule has 13 nitrogen and oxygen atoms in total. The van der Waals surface area contributed by atoms with Crippen LogP contribution in [0.1, 0.15) is 57.7 Å². The van der Waals surface area contributed by atoms with E-state index in [0.29, 0.717) is 40.2 Å². The Hall–Kier alpha value is -4.27. The summed E-state index contributed by atoms with van der Waals surface area (Å²) >= 11 is 6.35. The zero-order valence-corrected chi connectivity index (χ0v) is 31.7. The predicted octanol–water partition coefficient (Wildman–Crippen LogP) is 4.45. The Morgan fingerprint density at radius 1 is 1.13 bits per heavy atom. The summed E-state index contributed by atoms with van der Waals surface area (Å²) in [5.41, 5.74) is -0.317. The molecule has 0 spiro atoms. The van der Waals surface area contributed by atoms with Gasteiger partial charge in [0.2, 0.25) is 27.7 Å². The van der Waals surface area contributed by atoms with Crippen molar-refractivity contribution in [2.75, 3.05) is 19.0 Å². The Morgan fingerprint density at radius 3 is 2.48 bits per heavy atom. The maximum atomic E-state index is 14.3. The molecule has 0 unspecified atom stereocenters.